The van der Waals surface area contributed by atoms with Gasteiger partial charge in [-0.2, -0.15) is 0 Å². The minimum atomic E-state index is 0.00712. The van der Waals surface area contributed by atoms with Crippen LogP contribution in [0, 0.1) is 0 Å². The quantitative estimate of drug-likeness (QED) is 0.780. The summed E-state index contributed by atoms with van der Waals surface area (Å²) >= 11 is 0. The second-order valence-corrected chi connectivity index (χ2v) is 5.47. The number of rotatable bonds is 5. The summed E-state index contributed by atoms with van der Waals surface area (Å²) < 4.78 is 0. The van der Waals surface area contributed by atoms with Gasteiger partial charge in [-0.1, -0.05) is 12.1 Å². The van der Waals surface area contributed by atoms with Crippen LogP contribution in [-0.4, -0.2) is 41.5 Å². The molecule has 0 spiro atoms. The van der Waals surface area contributed by atoms with Crippen LogP contribution in [0.5, 0.6) is 0 Å². The Kier molecular flexibility index (Phi) is 4.65. The first kappa shape index (κ1) is 15.9. The first-order valence-electron chi connectivity index (χ1n) is 7.78. The molecule has 2 heterocycles. The first-order valence-corrected chi connectivity index (χ1v) is 7.78. The molecule has 1 amide bonds. The van der Waals surface area contributed by atoms with Crippen molar-refractivity contribution >= 4 is 22.6 Å². The summed E-state index contributed by atoms with van der Waals surface area (Å²) in [6, 6.07) is 11.7. The van der Waals surface area contributed by atoms with Gasteiger partial charge in [0.2, 0.25) is 5.91 Å². The number of aromatic nitrogens is 3. The number of carbonyl (C=O) groups excluding carboxylic acids is 1. The number of hydrogen-bond donors (Lipinski definition) is 1. The lowest BCUT2D eigenvalue weighted by Crippen LogP contribution is -2.27. The van der Waals surface area contributed by atoms with Crippen molar-refractivity contribution in [3.05, 3.63) is 48.8 Å². The minimum Gasteiger partial charge on any atom is -0.359 e. The van der Waals surface area contributed by atoms with Crippen molar-refractivity contribution in [2.24, 2.45) is 0 Å². The zero-order chi connectivity index (χ0) is 16.9. The average molecular weight is 321 g/mol. The third-order valence-electron chi connectivity index (χ3n) is 3.82. The van der Waals surface area contributed by atoms with Gasteiger partial charge in [0.25, 0.3) is 0 Å². The summed E-state index contributed by atoms with van der Waals surface area (Å²) in [7, 11) is 3.58. The van der Waals surface area contributed by atoms with Gasteiger partial charge in [-0.25, -0.2) is 9.97 Å². The summed E-state index contributed by atoms with van der Waals surface area (Å²) in [4.78, 5) is 27.0. The number of fused-ring (bicyclic) bond motifs is 1. The maximum atomic E-state index is 11.5. The van der Waals surface area contributed by atoms with Crippen LogP contribution in [0.2, 0.25) is 0 Å². The predicted molar refractivity (Wildman–Crippen MR) is 94.7 cm³/mol. The standard InChI is InChI=1S/C18H19N5O/c1-19-16(24)9-11-23(2)18-14-7-3-4-8-15(14)21-17(22-18)13-6-5-10-20-12-13/h3-8,10,12H,9,11H2,1-2H3,(H,19,24). The molecule has 1 N–H and O–H groups in total. The maximum absolute atomic E-state index is 11.5. The molecule has 0 aliphatic carbocycles. The van der Waals surface area contributed by atoms with Crippen LogP contribution in [0.25, 0.3) is 22.3 Å². The molecule has 122 valence electrons. The van der Waals surface area contributed by atoms with Crippen molar-refractivity contribution in [1.29, 1.82) is 0 Å². The molecule has 3 rings (SSSR count). The van der Waals surface area contributed by atoms with Gasteiger partial charge in [0.15, 0.2) is 5.82 Å². The number of amides is 1. The molecule has 0 aliphatic rings. The molecule has 6 heteroatoms. The average Bonchev–Trinajstić information content (AvgIpc) is 2.65. The lowest BCUT2D eigenvalue weighted by Gasteiger charge is -2.20. The molecule has 1 aromatic carbocycles. The van der Waals surface area contributed by atoms with Crippen molar-refractivity contribution in [3.63, 3.8) is 0 Å². The van der Waals surface area contributed by atoms with E-state index in [-0.39, 0.29) is 5.91 Å². The van der Waals surface area contributed by atoms with E-state index < -0.39 is 0 Å². The summed E-state index contributed by atoms with van der Waals surface area (Å²) in [6.07, 6.45) is 3.88. The van der Waals surface area contributed by atoms with Crippen molar-refractivity contribution in [2.45, 2.75) is 6.42 Å². The van der Waals surface area contributed by atoms with Crippen LogP contribution in [0.1, 0.15) is 6.42 Å². The van der Waals surface area contributed by atoms with Crippen molar-refractivity contribution < 1.29 is 4.79 Å². The molecule has 0 unspecified atom stereocenters. The number of pyridine rings is 1. The van der Waals surface area contributed by atoms with E-state index in [1.54, 1.807) is 19.4 Å². The molecule has 0 radical (unpaired) electrons. The SMILES string of the molecule is CNC(=O)CCN(C)c1nc(-c2cccnc2)nc2ccccc12. The van der Waals surface area contributed by atoms with Gasteiger partial charge in [-0.05, 0) is 24.3 Å². The van der Waals surface area contributed by atoms with E-state index in [0.717, 1.165) is 22.3 Å². The predicted octanol–water partition coefficient (Wildman–Crippen LogP) is 2.26. The Balaban J connectivity index is 2.03. The molecule has 0 saturated heterocycles. The summed E-state index contributed by atoms with van der Waals surface area (Å²) in [6.45, 7) is 0.577. The van der Waals surface area contributed by atoms with E-state index in [2.05, 4.69) is 15.3 Å². The van der Waals surface area contributed by atoms with Crippen molar-refractivity contribution in [1.82, 2.24) is 20.3 Å². The van der Waals surface area contributed by atoms with E-state index in [1.165, 1.54) is 0 Å². The van der Waals surface area contributed by atoms with Crippen molar-refractivity contribution in [2.75, 3.05) is 25.5 Å². The highest BCUT2D eigenvalue weighted by Crippen LogP contribution is 2.26. The van der Waals surface area contributed by atoms with Gasteiger partial charge in [-0.3, -0.25) is 9.78 Å². The fourth-order valence-corrected chi connectivity index (χ4v) is 2.48. The molecule has 2 aromatic heterocycles. The Morgan fingerprint density at radius 2 is 2.00 bits per heavy atom. The van der Waals surface area contributed by atoms with Gasteiger partial charge in [0, 0.05) is 50.4 Å². The fraction of sp³-hybridized carbons (Fsp3) is 0.222. The maximum Gasteiger partial charge on any atom is 0.221 e. The fourth-order valence-electron chi connectivity index (χ4n) is 2.48. The lowest BCUT2D eigenvalue weighted by atomic mass is 10.2. The summed E-state index contributed by atoms with van der Waals surface area (Å²) in [5.74, 6) is 1.44. The number of nitrogens with one attached hydrogen (secondary N) is 1. The van der Waals surface area contributed by atoms with Crippen LogP contribution in [-0.2, 0) is 4.79 Å². The molecule has 0 fully saturated rings. The topological polar surface area (TPSA) is 71.0 Å². The zero-order valence-corrected chi connectivity index (χ0v) is 13.7. The number of anilines is 1. The molecule has 0 saturated carbocycles. The van der Waals surface area contributed by atoms with Gasteiger partial charge in [-0.15, -0.1) is 0 Å². The van der Waals surface area contributed by atoms with Crippen LogP contribution in [0.3, 0.4) is 0 Å². The highest BCUT2D eigenvalue weighted by Gasteiger charge is 2.13. The number of para-hydroxylation sites is 1. The number of carbonyl (C=O) groups is 1. The van der Waals surface area contributed by atoms with Crippen LogP contribution in [0.15, 0.2) is 48.8 Å². The molecule has 0 aliphatic heterocycles. The van der Waals surface area contributed by atoms with E-state index in [1.807, 2.05) is 48.3 Å². The number of nitrogens with zero attached hydrogens (tertiary/aromatic N) is 4. The molecular formula is C18H19N5O. The molecule has 0 bridgehead atoms. The summed E-state index contributed by atoms with van der Waals surface area (Å²) in [5.41, 5.74) is 1.73. The Hall–Kier alpha value is -3.02. The molecule has 6 nitrogen and oxygen atoms in total. The molecular weight excluding hydrogens is 302 g/mol. The normalized spacial score (nSPS) is 10.6. The highest BCUT2D eigenvalue weighted by atomic mass is 16.1. The molecule has 3 aromatic rings. The second kappa shape index (κ2) is 7.04. The monoisotopic (exact) mass is 321 g/mol. The third kappa shape index (κ3) is 3.32. The van der Waals surface area contributed by atoms with Crippen molar-refractivity contribution in [3.8, 4) is 11.4 Å². The Morgan fingerprint density at radius 1 is 1.17 bits per heavy atom. The van der Waals surface area contributed by atoms with Crippen LogP contribution >= 0.6 is 0 Å². The number of benzene rings is 1. The Bertz CT molecular complexity index is 850. The van der Waals surface area contributed by atoms with Gasteiger partial charge in [0.1, 0.15) is 5.82 Å². The van der Waals surface area contributed by atoms with E-state index >= 15 is 0 Å². The smallest absolute Gasteiger partial charge is 0.221 e. The largest absolute Gasteiger partial charge is 0.359 e. The highest BCUT2D eigenvalue weighted by molar-refractivity contribution is 5.91. The first-order chi connectivity index (χ1) is 11.7. The lowest BCUT2D eigenvalue weighted by molar-refractivity contribution is -0.120. The van der Waals surface area contributed by atoms with E-state index in [9.17, 15) is 4.79 Å². The Labute approximate surface area is 140 Å². The van der Waals surface area contributed by atoms with Crippen LogP contribution in [0.4, 0.5) is 5.82 Å². The van der Waals surface area contributed by atoms with E-state index in [0.29, 0.717) is 18.8 Å². The second-order valence-electron chi connectivity index (χ2n) is 5.47. The van der Waals surface area contributed by atoms with Gasteiger partial charge < -0.3 is 10.2 Å². The number of hydrogen-bond acceptors (Lipinski definition) is 5. The van der Waals surface area contributed by atoms with Gasteiger partial charge >= 0.3 is 0 Å². The van der Waals surface area contributed by atoms with Crippen LogP contribution < -0.4 is 10.2 Å². The molecule has 24 heavy (non-hydrogen) atoms. The van der Waals surface area contributed by atoms with Gasteiger partial charge in [0.05, 0.1) is 5.52 Å². The Morgan fingerprint density at radius 3 is 2.75 bits per heavy atom. The summed E-state index contributed by atoms with van der Waals surface area (Å²) in [5, 5.41) is 3.60. The molecule has 0 atom stereocenters. The third-order valence-corrected chi connectivity index (χ3v) is 3.82. The minimum absolute atomic E-state index is 0.00712. The van der Waals surface area contributed by atoms with E-state index in [4.69, 9.17) is 4.98 Å². The zero-order valence-electron chi connectivity index (χ0n) is 13.7.